The van der Waals surface area contributed by atoms with Crippen molar-refractivity contribution in [3.05, 3.63) is 71.8 Å². The fraction of sp³-hybridized carbons (Fsp3) is 0.462. The van der Waals surface area contributed by atoms with Gasteiger partial charge in [0, 0.05) is 26.6 Å². The van der Waals surface area contributed by atoms with E-state index >= 15 is 0 Å². The predicted octanol–water partition coefficient (Wildman–Crippen LogP) is 3.86. The molecule has 4 rings (SSSR count). The molecule has 0 aliphatic carbocycles. The maximum Gasteiger partial charge on any atom is 0.327 e. The van der Waals surface area contributed by atoms with E-state index in [4.69, 9.17) is 0 Å². The van der Waals surface area contributed by atoms with Crippen LogP contribution in [0.5, 0.6) is 0 Å². The molecule has 0 saturated carbocycles. The summed E-state index contributed by atoms with van der Waals surface area (Å²) in [5.74, 6) is -0.109. The van der Waals surface area contributed by atoms with Crippen molar-refractivity contribution in [3.63, 3.8) is 0 Å². The molecule has 0 aromatic heterocycles. The number of amides is 3. The van der Waals surface area contributed by atoms with Crippen molar-refractivity contribution in [2.24, 2.45) is 5.92 Å². The lowest BCUT2D eigenvalue weighted by atomic mass is 9.78. The zero-order valence-electron chi connectivity index (χ0n) is 20.0. The molecule has 2 aromatic rings. The largest absolute Gasteiger partial charge is 0.327 e. The van der Waals surface area contributed by atoms with Crippen LogP contribution in [0.15, 0.2) is 60.7 Å². The van der Waals surface area contributed by atoms with Crippen LogP contribution in [-0.4, -0.2) is 66.9 Å². The van der Waals surface area contributed by atoms with Crippen LogP contribution >= 0.6 is 0 Å². The maximum absolute atomic E-state index is 13.8. The van der Waals surface area contributed by atoms with Crippen LogP contribution in [-0.2, 0) is 14.8 Å². The molecule has 2 saturated heterocycles. The van der Waals surface area contributed by atoms with Crippen LogP contribution in [0, 0.1) is 5.92 Å². The SMILES string of the molecule is C[C@H]1C(c2ccccc2)N(C(=O)C[C@@H](c2ccccc2)C2CCN(S(C)(=O)=O)CC2)C(=O)N1C. The average molecular weight is 484 g/mol. The molecule has 2 aromatic carbocycles. The summed E-state index contributed by atoms with van der Waals surface area (Å²) in [6.07, 6.45) is 2.83. The highest BCUT2D eigenvalue weighted by atomic mass is 32.2. The molecule has 34 heavy (non-hydrogen) atoms. The normalized spacial score (nSPS) is 23.3. The lowest BCUT2D eigenvalue weighted by Gasteiger charge is -2.36. The van der Waals surface area contributed by atoms with Gasteiger partial charge in [0.2, 0.25) is 15.9 Å². The first-order valence-corrected chi connectivity index (χ1v) is 13.7. The molecule has 2 heterocycles. The van der Waals surface area contributed by atoms with Gasteiger partial charge in [-0.2, -0.15) is 0 Å². The van der Waals surface area contributed by atoms with E-state index < -0.39 is 10.0 Å². The van der Waals surface area contributed by atoms with Gasteiger partial charge in [0.1, 0.15) is 0 Å². The van der Waals surface area contributed by atoms with Gasteiger partial charge in [-0.05, 0) is 42.7 Å². The van der Waals surface area contributed by atoms with Gasteiger partial charge in [-0.15, -0.1) is 0 Å². The maximum atomic E-state index is 13.8. The summed E-state index contributed by atoms with van der Waals surface area (Å²) in [7, 11) is -1.48. The molecular formula is C26H33N3O4S. The first kappa shape index (κ1) is 24.4. The van der Waals surface area contributed by atoms with Crippen molar-refractivity contribution in [1.82, 2.24) is 14.1 Å². The summed E-state index contributed by atoms with van der Waals surface area (Å²) in [5.41, 5.74) is 2.00. The Morgan fingerprint density at radius 1 is 1.00 bits per heavy atom. The summed E-state index contributed by atoms with van der Waals surface area (Å²) >= 11 is 0. The van der Waals surface area contributed by atoms with Crippen LogP contribution in [0.4, 0.5) is 4.79 Å². The molecule has 0 radical (unpaired) electrons. The first-order valence-electron chi connectivity index (χ1n) is 11.8. The number of likely N-dealkylation sites (N-methyl/N-ethyl adjacent to an activating group) is 1. The summed E-state index contributed by atoms with van der Waals surface area (Å²) < 4.78 is 25.5. The molecular weight excluding hydrogens is 450 g/mol. The van der Waals surface area contributed by atoms with Gasteiger partial charge < -0.3 is 4.90 Å². The molecule has 0 spiro atoms. The zero-order chi connectivity index (χ0) is 24.5. The van der Waals surface area contributed by atoms with E-state index in [1.807, 2.05) is 67.6 Å². The van der Waals surface area contributed by atoms with Crippen molar-refractivity contribution >= 4 is 22.0 Å². The van der Waals surface area contributed by atoms with Crippen LogP contribution in [0.2, 0.25) is 0 Å². The minimum atomic E-state index is -3.23. The van der Waals surface area contributed by atoms with E-state index in [-0.39, 0.29) is 42.3 Å². The number of sulfonamides is 1. The van der Waals surface area contributed by atoms with Gasteiger partial charge >= 0.3 is 6.03 Å². The second-order valence-electron chi connectivity index (χ2n) is 9.47. The number of imide groups is 1. The van der Waals surface area contributed by atoms with Crippen molar-refractivity contribution in [2.45, 2.75) is 44.2 Å². The highest BCUT2D eigenvalue weighted by molar-refractivity contribution is 7.88. The van der Waals surface area contributed by atoms with E-state index in [2.05, 4.69) is 0 Å². The van der Waals surface area contributed by atoms with Crippen LogP contribution < -0.4 is 0 Å². The molecule has 182 valence electrons. The van der Waals surface area contributed by atoms with E-state index in [0.29, 0.717) is 25.9 Å². The van der Waals surface area contributed by atoms with Crippen LogP contribution in [0.25, 0.3) is 0 Å². The average Bonchev–Trinajstić information content (AvgIpc) is 3.07. The molecule has 0 N–H and O–H groups in total. The van der Waals surface area contributed by atoms with E-state index in [9.17, 15) is 18.0 Å². The number of nitrogens with zero attached hydrogens (tertiary/aromatic N) is 3. The molecule has 2 aliphatic heterocycles. The molecule has 7 nitrogen and oxygen atoms in total. The number of piperidine rings is 1. The van der Waals surface area contributed by atoms with E-state index in [1.165, 1.54) is 15.5 Å². The summed E-state index contributed by atoms with van der Waals surface area (Å²) in [6.45, 7) is 2.88. The standard InChI is InChI=1S/C26H33N3O4S/c1-19-25(22-12-8-5-9-13-22)29(26(31)27(19)2)24(30)18-23(20-10-6-4-7-11-20)21-14-16-28(17-15-21)34(3,32)33/h4-13,19,21,23,25H,14-18H2,1-3H3/t19-,23-,25?/m0/s1. The minimum absolute atomic E-state index is 0.0826. The highest BCUT2D eigenvalue weighted by Crippen LogP contribution is 2.40. The van der Waals surface area contributed by atoms with Crippen LogP contribution in [0.1, 0.15) is 49.3 Å². The summed E-state index contributed by atoms with van der Waals surface area (Å²) in [4.78, 5) is 30.0. The molecule has 1 unspecified atom stereocenters. The number of hydrogen-bond donors (Lipinski definition) is 0. The Morgan fingerprint density at radius 2 is 1.56 bits per heavy atom. The second-order valence-corrected chi connectivity index (χ2v) is 11.5. The Hall–Kier alpha value is -2.71. The lowest BCUT2D eigenvalue weighted by molar-refractivity contribution is -0.130. The number of rotatable bonds is 6. The Kier molecular flexibility index (Phi) is 7.09. The van der Waals surface area contributed by atoms with Gasteiger partial charge in [-0.3, -0.25) is 9.69 Å². The molecule has 8 heteroatoms. The number of carbonyl (C=O) groups is 2. The van der Waals surface area contributed by atoms with Gasteiger partial charge in [-0.1, -0.05) is 60.7 Å². The fourth-order valence-corrected chi connectivity index (χ4v) is 6.26. The van der Waals surface area contributed by atoms with E-state index in [0.717, 1.165) is 11.1 Å². The molecule has 3 atom stereocenters. The van der Waals surface area contributed by atoms with Crippen molar-refractivity contribution in [3.8, 4) is 0 Å². The number of benzene rings is 2. The van der Waals surface area contributed by atoms with Gasteiger partial charge in [-0.25, -0.2) is 17.5 Å². The molecule has 2 fully saturated rings. The van der Waals surface area contributed by atoms with Crippen LogP contribution in [0.3, 0.4) is 0 Å². The number of hydrogen-bond acceptors (Lipinski definition) is 4. The third kappa shape index (κ3) is 4.88. The monoisotopic (exact) mass is 483 g/mol. The number of carbonyl (C=O) groups excluding carboxylic acids is 2. The Balaban J connectivity index is 1.60. The zero-order valence-corrected chi connectivity index (χ0v) is 20.8. The van der Waals surface area contributed by atoms with Gasteiger partial charge in [0.25, 0.3) is 0 Å². The smallest absolute Gasteiger partial charge is 0.322 e. The molecule has 0 bridgehead atoms. The Bertz CT molecular complexity index is 1120. The third-order valence-electron chi connectivity index (χ3n) is 7.42. The quantitative estimate of drug-likeness (QED) is 0.625. The predicted molar refractivity (Wildman–Crippen MR) is 132 cm³/mol. The summed E-state index contributed by atoms with van der Waals surface area (Å²) in [5, 5.41) is 0. The van der Waals surface area contributed by atoms with E-state index in [1.54, 1.807) is 11.9 Å². The first-order chi connectivity index (χ1) is 16.2. The second kappa shape index (κ2) is 9.88. The number of urea groups is 1. The molecule has 2 aliphatic rings. The Morgan fingerprint density at radius 3 is 2.12 bits per heavy atom. The minimum Gasteiger partial charge on any atom is -0.322 e. The molecule has 3 amide bonds. The van der Waals surface area contributed by atoms with Crippen molar-refractivity contribution < 1.29 is 18.0 Å². The van der Waals surface area contributed by atoms with Crippen molar-refractivity contribution in [1.29, 1.82) is 0 Å². The Labute approximate surface area is 202 Å². The topological polar surface area (TPSA) is 78.0 Å². The van der Waals surface area contributed by atoms with Gasteiger partial charge in [0.15, 0.2) is 0 Å². The third-order valence-corrected chi connectivity index (χ3v) is 8.73. The highest BCUT2D eigenvalue weighted by Gasteiger charge is 2.46. The lowest BCUT2D eigenvalue weighted by Crippen LogP contribution is -2.41. The fourth-order valence-electron chi connectivity index (χ4n) is 5.38. The van der Waals surface area contributed by atoms with Gasteiger partial charge in [0.05, 0.1) is 18.3 Å². The van der Waals surface area contributed by atoms with Crippen molar-refractivity contribution in [2.75, 3.05) is 26.4 Å². The summed E-state index contributed by atoms with van der Waals surface area (Å²) in [6, 6.07) is 18.9.